The first-order valence-corrected chi connectivity index (χ1v) is 11.6. The first-order chi connectivity index (χ1) is 12.2. The Kier molecular flexibility index (Phi) is 9.13. The van der Waals surface area contributed by atoms with Crippen molar-refractivity contribution in [1.82, 2.24) is 0 Å². The minimum Gasteiger partial charge on any atom is -0.415 e. The van der Waals surface area contributed by atoms with E-state index in [2.05, 4.69) is 25.0 Å². The summed E-state index contributed by atoms with van der Waals surface area (Å²) in [5.41, 5.74) is -0.456. The molecule has 11 heteroatoms. The number of nitro groups is 2. The average molecular weight is 387 g/mol. The predicted molar refractivity (Wildman–Crippen MR) is 99.2 cm³/mol. The lowest BCUT2D eigenvalue weighted by atomic mass is 10.2. The minimum absolute atomic E-state index is 0.212. The molecule has 0 spiro atoms. The Morgan fingerprint density at radius 2 is 1.58 bits per heavy atom. The SMILES string of the molecule is C[Si](C)(C)OCCOCCOCCNc1ccc([N+](=O)[O-])cc1[N+](=O)[O-]. The summed E-state index contributed by atoms with van der Waals surface area (Å²) in [5, 5.41) is 24.5. The van der Waals surface area contributed by atoms with Crippen LogP contribution in [0.2, 0.25) is 19.6 Å². The first kappa shape index (κ1) is 22.0. The van der Waals surface area contributed by atoms with Crippen molar-refractivity contribution in [3.05, 3.63) is 38.4 Å². The summed E-state index contributed by atoms with van der Waals surface area (Å²) >= 11 is 0. The van der Waals surface area contributed by atoms with Crippen LogP contribution in [0.25, 0.3) is 0 Å². The number of anilines is 1. The van der Waals surface area contributed by atoms with Crippen molar-refractivity contribution in [3.63, 3.8) is 0 Å². The molecule has 0 aromatic heterocycles. The van der Waals surface area contributed by atoms with Crippen molar-refractivity contribution in [3.8, 4) is 0 Å². The molecule has 1 rings (SSSR count). The molecular weight excluding hydrogens is 362 g/mol. The van der Waals surface area contributed by atoms with Gasteiger partial charge in [-0.1, -0.05) is 0 Å². The number of nitrogens with zero attached hydrogens (tertiary/aromatic N) is 2. The van der Waals surface area contributed by atoms with Gasteiger partial charge in [0.05, 0.1) is 48.9 Å². The molecule has 0 aliphatic heterocycles. The maximum absolute atomic E-state index is 11.0. The van der Waals surface area contributed by atoms with Gasteiger partial charge in [0.25, 0.3) is 11.4 Å². The van der Waals surface area contributed by atoms with Crippen LogP contribution in [0.3, 0.4) is 0 Å². The highest BCUT2D eigenvalue weighted by Gasteiger charge is 2.19. The number of ether oxygens (including phenoxy) is 2. The molecule has 0 aliphatic rings. The van der Waals surface area contributed by atoms with E-state index >= 15 is 0 Å². The van der Waals surface area contributed by atoms with E-state index in [0.29, 0.717) is 39.6 Å². The van der Waals surface area contributed by atoms with Gasteiger partial charge >= 0.3 is 0 Å². The van der Waals surface area contributed by atoms with Crippen LogP contribution in [0.4, 0.5) is 17.1 Å². The Labute approximate surface area is 152 Å². The summed E-state index contributed by atoms with van der Waals surface area (Å²) < 4.78 is 16.4. The smallest absolute Gasteiger partial charge is 0.299 e. The summed E-state index contributed by atoms with van der Waals surface area (Å²) in [7, 11) is -1.50. The fourth-order valence-corrected chi connectivity index (χ4v) is 2.62. The predicted octanol–water partition coefficient (Wildman–Crippen LogP) is 2.80. The topological polar surface area (TPSA) is 126 Å². The fraction of sp³-hybridized carbons (Fsp3) is 0.600. The van der Waals surface area contributed by atoms with Crippen LogP contribution in [0.5, 0.6) is 0 Å². The molecule has 1 aromatic rings. The maximum Gasteiger partial charge on any atom is 0.299 e. The third-order valence-electron chi connectivity index (χ3n) is 3.09. The van der Waals surface area contributed by atoms with Gasteiger partial charge in [0.2, 0.25) is 0 Å². The van der Waals surface area contributed by atoms with Gasteiger partial charge in [0.15, 0.2) is 8.32 Å². The van der Waals surface area contributed by atoms with E-state index in [-0.39, 0.29) is 17.1 Å². The van der Waals surface area contributed by atoms with Crippen LogP contribution in [-0.4, -0.2) is 57.7 Å². The van der Waals surface area contributed by atoms with Crippen molar-refractivity contribution in [2.24, 2.45) is 0 Å². The molecule has 146 valence electrons. The second-order valence-corrected chi connectivity index (χ2v) is 10.8. The molecular formula is C15H25N3O7Si. The van der Waals surface area contributed by atoms with E-state index in [9.17, 15) is 20.2 Å². The normalized spacial score (nSPS) is 11.3. The zero-order valence-electron chi connectivity index (χ0n) is 15.2. The summed E-state index contributed by atoms with van der Waals surface area (Å²) in [6, 6.07) is 3.46. The van der Waals surface area contributed by atoms with Crippen molar-refractivity contribution in [2.75, 3.05) is 44.9 Å². The molecule has 0 atom stereocenters. The zero-order valence-corrected chi connectivity index (χ0v) is 16.2. The molecule has 1 aromatic carbocycles. The molecule has 0 heterocycles. The largest absolute Gasteiger partial charge is 0.415 e. The molecule has 0 saturated heterocycles. The summed E-state index contributed by atoms with van der Waals surface area (Å²) in [6.45, 7) is 8.90. The van der Waals surface area contributed by atoms with E-state index < -0.39 is 18.2 Å². The van der Waals surface area contributed by atoms with E-state index in [1.54, 1.807) is 0 Å². The first-order valence-electron chi connectivity index (χ1n) is 8.17. The number of nitrogens with one attached hydrogen (secondary N) is 1. The lowest BCUT2D eigenvalue weighted by Gasteiger charge is -2.16. The number of hydrogen-bond acceptors (Lipinski definition) is 8. The van der Waals surface area contributed by atoms with Crippen LogP contribution < -0.4 is 5.32 Å². The lowest BCUT2D eigenvalue weighted by Crippen LogP contribution is -2.27. The Bertz CT molecular complexity index is 607. The van der Waals surface area contributed by atoms with Crippen molar-refractivity contribution >= 4 is 25.4 Å². The molecule has 1 N–H and O–H groups in total. The average Bonchev–Trinajstić information content (AvgIpc) is 2.55. The summed E-state index contributed by atoms with van der Waals surface area (Å²) in [4.78, 5) is 20.4. The summed E-state index contributed by atoms with van der Waals surface area (Å²) in [6.07, 6.45) is 0. The third-order valence-corrected chi connectivity index (χ3v) is 4.16. The Balaban J connectivity index is 2.22. The van der Waals surface area contributed by atoms with E-state index in [4.69, 9.17) is 13.9 Å². The number of non-ortho nitro benzene ring substituents is 1. The molecule has 0 amide bonds. The van der Waals surface area contributed by atoms with Crippen molar-refractivity contribution in [1.29, 1.82) is 0 Å². The van der Waals surface area contributed by atoms with Crippen molar-refractivity contribution < 1.29 is 23.7 Å². The fourth-order valence-electron chi connectivity index (χ4n) is 1.92. The van der Waals surface area contributed by atoms with E-state index in [0.717, 1.165) is 6.07 Å². The molecule has 0 aliphatic carbocycles. The van der Waals surface area contributed by atoms with Gasteiger partial charge in [0.1, 0.15) is 5.69 Å². The standard InChI is InChI=1S/C15H25N3O7Si/c1-26(2,3)25-11-10-24-9-8-23-7-6-16-14-5-4-13(17(19)20)12-15(14)18(21)22/h4-5,12,16H,6-11H2,1-3H3. The second-order valence-electron chi connectivity index (χ2n) is 6.33. The van der Waals surface area contributed by atoms with E-state index in [1.807, 2.05) is 0 Å². The number of nitro benzene ring substituents is 2. The number of rotatable bonds is 13. The maximum atomic E-state index is 11.0. The second kappa shape index (κ2) is 10.8. The molecule has 0 bridgehead atoms. The quantitative estimate of drug-likeness (QED) is 0.237. The van der Waals surface area contributed by atoms with Gasteiger partial charge in [-0.3, -0.25) is 20.2 Å². The Morgan fingerprint density at radius 3 is 2.15 bits per heavy atom. The number of hydrogen-bond donors (Lipinski definition) is 1. The van der Waals surface area contributed by atoms with Gasteiger partial charge in [-0.2, -0.15) is 0 Å². The van der Waals surface area contributed by atoms with Crippen LogP contribution in [0, 0.1) is 20.2 Å². The van der Waals surface area contributed by atoms with Crippen LogP contribution in [-0.2, 0) is 13.9 Å². The monoisotopic (exact) mass is 387 g/mol. The van der Waals surface area contributed by atoms with Gasteiger partial charge in [-0.05, 0) is 25.7 Å². The van der Waals surface area contributed by atoms with Crippen LogP contribution in [0.1, 0.15) is 0 Å². The molecule has 0 radical (unpaired) electrons. The molecule has 10 nitrogen and oxygen atoms in total. The molecule has 0 saturated carbocycles. The minimum atomic E-state index is -1.50. The summed E-state index contributed by atoms with van der Waals surface area (Å²) in [5.74, 6) is 0. The lowest BCUT2D eigenvalue weighted by molar-refractivity contribution is -0.393. The molecule has 0 fully saturated rings. The highest BCUT2D eigenvalue weighted by Crippen LogP contribution is 2.28. The van der Waals surface area contributed by atoms with Gasteiger partial charge in [-0.25, -0.2) is 0 Å². The van der Waals surface area contributed by atoms with Gasteiger partial charge in [0, 0.05) is 12.6 Å². The van der Waals surface area contributed by atoms with E-state index in [1.165, 1.54) is 12.1 Å². The van der Waals surface area contributed by atoms with Crippen LogP contribution in [0.15, 0.2) is 18.2 Å². The highest BCUT2D eigenvalue weighted by molar-refractivity contribution is 6.69. The Hall–Kier alpha value is -2.08. The molecule has 0 unspecified atom stereocenters. The Morgan fingerprint density at radius 1 is 0.962 bits per heavy atom. The number of benzene rings is 1. The van der Waals surface area contributed by atoms with Crippen molar-refractivity contribution in [2.45, 2.75) is 19.6 Å². The van der Waals surface area contributed by atoms with Crippen LogP contribution >= 0.6 is 0 Å². The highest BCUT2D eigenvalue weighted by atomic mass is 28.4. The zero-order chi connectivity index (χ0) is 19.6. The molecule has 26 heavy (non-hydrogen) atoms. The van der Waals surface area contributed by atoms with Gasteiger partial charge in [-0.15, -0.1) is 0 Å². The van der Waals surface area contributed by atoms with Gasteiger partial charge < -0.3 is 19.2 Å². The third kappa shape index (κ3) is 8.85.